The second-order valence-corrected chi connectivity index (χ2v) is 8.23. The third kappa shape index (κ3) is 6.77. The molecule has 0 radical (unpaired) electrons. The van der Waals surface area contributed by atoms with Crippen molar-refractivity contribution in [3.63, 3.8) is 0 Å². The number of benzene rings is 2. The van der Waals surface area contributed by atoms with Crippen LogP contribution in [0.5, 0.6) is 0 Å². The molecule has 30 heavy (non-hydrogen) atoms. The molecular weight excluding hydrogens is 407 g/mol. The maximum absolute atomic E-state index is 14.2. The van der Waals surface area contributed by atoms with Crippen LogP contribution in [0.25, 0.3) is 0 Å². The Morgan fingerprint density at radius 1 is 1.23 bits per heavy atom. The maximum Gasteiger partial charge on any atom is 0.145 e. The molecule has 0 bridgehead atoms. The largest absolute Gasteiger partial charge is 0.390 e. The summed E-state index contributed by atoms with van der Waals surface area (Å²) in [6.45, 7) is 5.29. The van der Waals surface area contributed by atoms with Crippen molar-refractivity contribution < 1.29 is 19.1 Å². The molecule has 3 rings (SSSR count). The van der Waals surface area contributed by atoms with Gasteiger partial charge in [0.15, 0.2) is 0 Å². The first-order valence-corrected chi connectivity index (χ1v) is 10.5. The Bertz CT molecular complexity index is 845. The average molecular weight is 435 g/mol. The van der Waals surface area contributed by atoms with Crippen molar-refractivity contribution >= 4 is 17.3 Å². The van der Waals surface area contributed by atoms with Crippen molar-refractivity contribution in [2.24, 2.45) is 5.16 Å². The summed E-state index contributed by atoms with van der Waals surface area (Å²) in [4.78, 5) is 7.62. The van der Waals surface area contributed by atoms with Gasteiger partial charge in [0.2, 0.25) is 0 Å². The fourth-order valence-corrected chi connectivity index (χ4v) is 3.48. The van der Waals surface area contributed by atoms with Crippen molar-refractivity contribution in [1.82, 2.24) is 4.90 Å². The van der Waals surface area contributed by atoms with Crippen LogP contribution in [0.15, 0.2) is 53.7 Å². The van der Waals surface area contributed by atoms with Gasteiger partial charge in [-0.05, 0) is 37.6 Å². The standard InChI is InChI=1S/C23H28ClFN2O3/c1-16(2)29-15-20(28)13-27(12-18-5-3-4-6-22(18)25)14-21-11-23(26-30-21)17-7-9-19(24)10-8-17/h3-10,16,20-21,28H,11-15H2,1-2H3. The molecule has 7 heteroatoms. The highest BCUT2D eigenvalue weighted by molar-refractivity contribution is 6.30. The molecule has 0 fully saturated rings. The average Bonchev–Trinajstić information content (AvgIpc) is 3.17. The van der Waals surface area contributed by atoms with Gasteiger partial charge in [-0.3, -0.25) is 4.90 Å². The Morgan fingerprint density at radius 2 is 1.97 bits per heavy atom. The number of hydrogen-bond donors (Lipinski definition) is 1. The Kier molecular flexibility index (Phi) is 8.22. The van der Waals surface area contributed by atoms with Gasteiger partial charge in [-0.2, -0.15) is 0 Å². The summed E-state index contributed by atoms with van der Waals surface area (Å²) >= 11 is 5.96. The first kappa shape index (κ1) is 22.7. The quantitative estimate of drug-likeness (QED) is 0.607. The number of aliphatic hydroxyl groups is 1. The van der Waals surface area contributed by atoms with Crippen molar-refractivity contribution in [3.05, 3.63) is 70.5 Å². The van der Waals surface area contributed by atoms with Gasteiger partial charge in [0.25, 0.3) is 0 Å². The lowest BCUT2D eigenvalue weighted by molar-refractivity contribution is -0.0196. The zero-order valence-corrected chi connectivity index (χ0v) is 18.1. The molecule has 0 spiro atoms. The highest BCUT2D eigenvalue weighted by atomic mass is 35.5. The lowest BCUT2D eigenvalue weighted by Gasteiger charge is -2.27. The second-order valence-electron chi connectivity index (χ2n) is 7.80. The normalized spacial score (nSPS) is 17.3. The second kappa shape index (κ2) is 10.9. The number of ether oxygens (including phenoxy) is 1. The molecule has 0 aliphatic carbocycles. The van der Waals surface area contributed by atoms with Crippen LogP contribution in [0.3, 0.4) is 0 Å². The van der Waals surface area contributed by atoms with Gasteiger partial charge in [-0.1, -0.05) is 47.1 Å². The van der Waals surface area contributed by atoms with E-state index in [1.54, 1.807) is 12.1 Å². The molecule has 2 aromatic rings. The SMILES string of the molecule is CC(C)OCC(O)CN(Cc1ccccc1F)CC1CC(c2ccc(Cl)cc2)=NO1. The summed E-state index contributed by atoms with van der Waals surface area (Å²) in [5, 5.41) is 15.3. The summed E-state index contributed by atoms with van der Waals surface area (Å²) < 4.78 is 19.7. The lowest BCUT2D eigenvalue weighted by Crippen LogP contribution is -2.39. The van der Waals surface area contributed by atoms with Crippen LogP contribution >= 0.6 is 11.6 Å². The molecular formula is C23H28ClFN2O3. The van der Waals surface area contributed by atoms with E-state index in [-0.39, 0.29) is 24.6 Å². The Hall–Kier alpha value is -1.99. The topological polar surface area (TPSA) is 54.3 Å². The Morgan fingerprint density at radius 3 is 2.67 bits per heavy atom. The van der Waals surface area contributed by atoms with Crippen molar-refractivity contribution in [1.29, 1.82) is 0 Å². The van der Waals surface area contributed by atoms with E-state index in [1.807, 2.05) is 49.1 Å². The maximum atomic E-state index is 14.2. The molecule has 1 N–H and O–H groups in total. The third-order valence-electron chi connectivity index (χ3n) is 4.81. The number of hydrogen-bond acceptors (Lipinski definition) is 5. The van der Waals surface area contributed by atoms with Gasteiger partial charge < -0.3 is 14.7 Å². The summed E-state index contributed by atoms with van der Waals surface area (Å²) in [5.74, 6) is -0.263. The van der Waals surface area contributed by atoms with Crippen molar-refractivity contribution in [2.45, 2.75) is 45.1 Å². The molecule has 0 saturated heterocycles. The fourth-order valence-electron chi connectivity index (χ4n) is 3.35. The third-order valence-corrected chi connectivity index (χ3v) is 5.07. The minimum Gasteiger partial charge on any atom is -0.390 e. The van der Waals surface area contributed by atoms with Gasteiger partial charge in [0.05, 0.1) is 24.5 Å². The predicted molar refractivity (Wildman–Crippen MR) is 116 cm³/mol. The van der Waals surface area contributed by atoms with E-state index in [1.165, 1.54) is 6.07 Å². The number of oxime groups is 1. The molecule has 0 aromatic heterocycles. The fraction of sp³-hybridized carbons (Fsp3) is 0.435. The summed E-state index contributed by atoms with van der Waals surface area (Å²) in [5.41, 5.74) is 2.39. The molecule has 1 aliphatic heterocycles. The van der Waals surface area contributed by atoms with Gasteiger partial charge >= 0.3 is 0 Å². The lowest BCUT2D eigenvalue weighted by atomic mass is 10.0. The van der Waals surface area contributed by atoms with Crippen LogP contribution in [0.4, 0.5) is 4.39 Å². The van der Waals surface area contributed by atoms with Gasteiger partial charge in [0.1, 0.15) is 11.9 Å². The molecule has 162 valence electrons. The van der Waals surface area contributed by atoms with Crippen LogP contribution in [-0.4, -0.2) is 53.7 Å². The molecule has 1 heterocycles. The van der Waals surface area contributed by atoms with Crippen molar-refractivity contribution in [3.8, 4) is 0 Å². The zero-order chi connectivity index (χ0) is 21.5. The first-order chi connectivity index (χ1) is 14.4. The molecule has 5 nitrogen and oxygen atoms in total. The van der Waals surface area contributed by atoms with E-state index in [9.17, 15) is 9.50 Å². The van der Waals surface area contributed by atoms with Gasteiger partial charge in [-0.15, -0.1) is 0 Å². The van der Waals surface area contributed by atoms with E-state index in [0.29, 0.717) is 36.6 Å². The highest BCUT2D eigenvalue weighted by Crippen LogP contribution is 2.20. The molecule has 2 atom stereocenters. The molecule has 1 aliphatic rings. The van der Waals surface area contributed by atoms with Crippen LogP contribution in [-0.2, 0) is 16.1 Å². The molecule has 0 amide bonds. The Balaban J connectivity index is 1.63. The summed E-state index contributed by atoms with van der Waals surface area (Å²) in [6, 6.07) is 14.1. The number of rotatable bonds is 10. The van der Waals surface area contributed by atoms with E-state index < -0.39 is 6.10 Å². The van der Waals surface area contributed by atoms with Crippen LogP contribution in [0.1, 0.15) is 31.4 Å². The number of aliphatic hydroxyl groups excluding tert-OH is 1. The molecule has 2 aromatic carbocycles. The highest BCUT2D eigenvalue weighted by Gasteiger charge is 2.26. The molecule has 2 unspecified atom stereocenters. The van der Waals surface area contributed by atoms with E-state index in [2.05, 4.69) is 5.16 Å². The minimum absolute atomic E-state index is 0.0353. The first-order valence-electron chi connectivity index (χ1n) is 10.1. The van der Waals surface area contributed by atoms with Crippen LogP contribution < -0.4 is 0 Å². The minimum atomic E-state index is -0.683. The Labute approximate surface area is 182 Å². The van der Waals surface area contributed by atoms with E-state index >= 15 is 0 Å². The zero-order valence-electron chi connectivity index (χ0n) is 17.3. The monoisotopic (exact) mass is 434 g/mol. The van der Waals surface area contributed by atoms with Crippen LogP contribution in [0.2, 0.25) is 5.02 Å². The summed E-state index contributed by atoms with van der Waals surface area (Å²) in [6.07, 6.45) is -0.195. The predicted octanol–water partition coefficient (Wildman–Crippen LogP) is 4.26. The number of nitrogens with zero attached hydrogens (tertiary/aromatic N) is 2. The van der Waals surface area contributed by atoms with Gasteiger partial charge in [0, 0.05) is 36.6 Å². The molecule has 0 saturated carbocycles. The van der Waals surface area contributed by atoms with Crippen molar-refractivity contribution in [2.75, 3.05) is 19.7 Å². The van der Waals surface area contributed by atoms with Gasteiger partial charge in [-0.25, -0.2) is 4.39 Å². The smallest absolute Gasteiger partial charge is 0.145 e. The number of halogens is 2. The summed E-state index contributed by atoms with van der Waals surface area (Å²) in [7, 11) is 0. The van der Waals surface area contributed by atoms with Crippen LogP contribution in [0, 0.1) is 5.82 Å². The van der Waals surface area contributed by atoms with E-state index in [0.717, 1.165) is 11.3 Å². The van der Waals surface area contributed by atoms with E-state index in [4.69, 9.17) is 21.2 Å².